The SMILES string of the molecule is CCOC(=O)c1sc(NC(=O)Cn2nc(C)c([N+](=O)[O-])c2C)c(C(=O)OCC)c1C. The van der Waals surface area contributed by atoms with Gasteiger partial charge in [0, 0.05) is 0 Å². The first-order valence-corrected chi connectivity index (χ1v) is 9.89. The minimum Gasteiger partial charge on any atom is -0.462 e. The summed E-state index contributed by atoms with van der Waals surface area (Å²) in [4.78, 5) is 47.9. The van der Waals surface area contributed by atoms with Crippen molar-refractivity contribution in [3.8, 4) is 0 Å². The van der Waals surface area contributed by atoms with E-state index in [1.165, 1.54) is 18.5 Å². The monoisotopic (exact) mass is 438 g/mol. The summed E-state index contributed by atoms with van der Waals surface area (Å²) in [6.45, 7) is 7.79. The highest BCUT2D eigenvalue weighted by Crippen LogP contribution is 2.34. The molecule has 1 N–H and O–H groups in total. The van der Waals surface area contributed by atoms with Gasteiger partial charge in [-0.25, -0.2) is 9.59 Å². The van der Waals surface area contributed by atoms with Crippen molar-refractivity contribution in [2.75, 3.05) is 18.5 Å². The molecule has 30 heavy (non-hydrogen) atoms. The smallest absolute Gasteiger partial charge is 0.348 e. The second kappa shape index (κ2) is 9.48. The average Bonchev–Trinajstić information content (AvgIpc) is 3.11. The molecule has 2 aromatic heterocycles. The highest BCUT2D eigenvalue weighted by molar-refractivity contribution is 7.18. The molecule has 0 fully saturated rings. The summed E-state index contributed by atoms with van der Waals surface area (Å²) < 4.78 is 11.2. The van der Waals surface area contributed by atoms with Gasteiger partial charge in [0.05, 0.1) is 23.7 Å². The summed E-state index contributed by atoms with van der Waals surface area (Å²) in [5.74, 6) is -1.86. The van der Waals surface area contributed by atoms with Crippen molar-refractivity contribution in [1.82, 2.24) is 9.78 Å². The number of hydrogen-bond acceptors (Lipinski definition) is 9. The van der Waals surface area contributed by atoms with Crippen molar-refractivity contribution in [2.24, 2.45) is 0 Å². The van der Waals surface area contributed by atoms with Crippen LogP contribution in [-0.2, 0) is 20.8 Å². The van der Waals surface area contributed by atoms with Gasteiger partial charge in [0.2, 0.25) is 5.91 Å². The zero-order valence-corrected chi connectivity index (χ0v) is 18.0. The van der Waals surface area contributed by atoms with Crippen molar-refractivity contribution < 1.29 is 28.8 Å². The third-order valence-corrected chi connectivity index (χ3v) is 5.35. The summed E-state index contributed by atoms with van der Waals surface area (Å²) >= 11 is 0.899. The first kappa shape index (κ1) is 23.0. The van der Waals surface area contributed by atoms with Crippen LogP contribution in [0.1, 0.15) is 50.8 Å². The third kappa shape index (κ3) is 4.64. The van der Waals surface area contributed by atoms with E-state index < -0.39 is 22.8 Å². The van der Waals surface area contributed by atoms with Crippen molar-refractivity contribution in [1.29, 1.82) is 0 Å². The Morgan fingerprint density at radius 1 is 1.13 bits per heavy atom. The maximum atomic E-state index is 12.6. The number of amides is 1. The number of thiophene rings is 1. The van der Waals surface area contributed by atoms with Gasteiger partial charge in [-0.2, -0.15) is 5.10 Å². The molecule has 2 heterocycles. The summed E-state index contributed by atoms with van der Waals surface area (Å²) in [5.41, 5.74) is 0.667. The number of carbonyl (C=O) groups excluding carboxylic acids is 3. The molecular weight excluding hydrogens is 416 g/mol. The Morgan fingerprint density at radius 2 is 1.73 bits per heavy atom. The Labute approximate surface area is 176 Å². The van der Waals surface area contributed by atoms with Gasteiger partial charge in [-0.1, -0.05) is 0 Å². The molecule has 0 aromatic carbocycles. The zero-order chi connectivity index (χ0) is 22.6. The highest BCUT2D eigenvalue weighted by atomic mass is 32.1. The molecule has 0 aliphatic rings. The molecule has 0 atom stereocenters. The Bertz CT molecular complexity index is 1010. The lowest BCUT2D eigenvalue weighted by atomic mass is 10.1. The van der Waals surface area contributed by atoms with Crippen LogP contribution >= 0.6 is 11.3 Å². The highest BCUT2D eigenvalue weighted by Gasteiger charge is 2.28. The van der Waals surface area contributed by atoms with Gasteiger partial charge in [0.25, 0.3) is 0 Å². The van der Waals surface area contributed by atoms with E-state index >= 15 is 0 Å². The predicted molar refractivity (Wildman–Crippen MR) is 108 cm³/mol. The van der Waals surface area contributed by atoms with Crippen LogP contribution in [0, 0.1) is 30.9 Å². The van der Waals surface area contributed by atoms with Gasteiger partial charge < -0.3 is 14.8 Å². The van der Waals surface area contributed by atoms with Gasteiger partial charge in [-0.3, -0.25) is 19.6 Å². The maximum Gasteiger partial charge on any atom is 0.348 e. The largest absolute Gasteiger partial charge is 0.462 e. The molecule has 0 radical (unpaired) electrons. The Kier molecular flexibility index (Phi) is 7.27. The number of carbonyl (C=O) groups is 3. The van der Waals surface area contributed by atoms with Crippen molar-refractivity contribution in [3.05, 3.63) is 37.5 Å². The Balaban J connectivity index is 2.34. The first-order valence-electron chi connectivity index (χ1n) is 9.08. The number of aryl methyl sites for hydroxylation is 1. The molecule has 0 aliphatic carbocycles. The van der Waals surface area contributed by atoms with Crippen LogP contribution < -0.4 is 5.32 Å². The summed E-state index contributed by atoms with van der Waals surface area (Å²) in [6, 6.07) is 0. The number of nitro groups is 1. The quantitative estimate of drug-likeness (QED) is 0.376. The van der Waals surface area contributed by atoms with E-state index in [2.05, 4.69) is 10.4 Å². The number of ether oxygens (including phenoxy) is 2. The fraction of sp³-hybridized carbons (Fsp3) is 0.444. The molecule has 0 bridgehead atoms. The summed E-state index contributed by atoms with van der Waals surface area (Å²) in [7, 11) is 0. The van der Waals surface area contributed by atoms with Crippen LogP contribution in [0.2, 0.25) is 0 Å². The molecule has 12 heteroatoms. The van der Waals surface area contributed by atoms with Crippen LogP contribution in [0.4, 0.5) is 10.7 Å². The van der Waals surface area contributed by atoms with Crippen molar-refractivity contribution >= 4 is 39.9 Å². The van der Waals surface area contributed by atoms with Gasteiger partial charge in [-0.05, 0) is 40.2 Å². The average molecular weight is 438 g/mol. The minimum absolute atomic E-state index is 0.0672. The lowest BCUT2D eigenvalue weighted by molar-refractivity contribution is -0.386. The van der Waals surface area contributed by atoms with E-state index in [1.54, 1.807) is 20.8 Å². The summed E-state index contributed by atoms with van der Waals surface area (Å²) in [5, 5.41) is 17.9. The molecule has 1 amide bonds. The van der Waals surface area contributed by atoms with Crippen LogP contribution in [-0.4, -0.2) is 45.8 Å². The van der Waals surface area contributed by atoms with E-state index in [9.17, 15) is 24.5 Å². The normalized spacial score (nSPS) is 10.6. The predicted octanol–water partition coefficient (Wildman–Crippen LogP) is 2.77. The number of nitrogens with one attached hydrogen (secondary N) is 1. The third-order valence-electron chi connectivity index (χ3n) is 4.16. The number of aromatic nitrogens is 2. The Morgan fingerprint density at radius 3 is 2.27 bits per heavy atom. The van der Waals surface area contributed by atoms with E-state index in [0.717, 1.165) is 11.3 Å². The number of rotatable bonds is 8. The van der Waals surface area contributed by atoms with E-state index in [1.807, 2.05) is 0 Å². The molecule has 0 saturated heterocycles. The van der Waals surface area contributed by atoms with Crippen molar-refractivity contribution in [2.45, 2.75) is 41.2 Å². The molecule has 0 saturated carbocycles. The zero-order valence-electron chi connectivity index (χ0n) is 17.2. The Hall–Kier alpha value is -3.28. The molecule has 0 aliphatic heterocycles. The molecule has 2 rings (SSSR count). The fourth-order valence-electron chi connectivity index (χ4n) is 2.85. The number of nitrogens with zero attached hydrogens (tertiary/aromatic N) is 3. The van der Waals surface area contributed by atoms with E-state index in [0.29, 0.717) is 5.56 Å². The maximum absolute atomic E-state index is 12.6. The second-order valence-electron chi connectivity index (χ2n) is 6.18. The molecule has 0 unspecified atom stereocenters. The summed E-state index contributed by atoms with van der Waals surface area (Å²) in [6.07, 6.45) is 0. The lowest BCUT2D eigenvalue weighted by Crippen LogP contribution is -2.21. The van der Waals surface area contributed by atoms with Gasteiger partial charge in [-0.15, -0.1) is 11.3 Å². The molecular formula is C18H22N4O7S. The standard InChI is InChI=1S/C18H22N4O7S/c1-6-28-17(24)13-9(3)15(18(25)29-7-2)30-16(13)19-12(23)8-21-11(5)14(22(26)27)10(4)20-21/h6-8H2,1-5H3,(H,19,23). The minimum atomic E-state index is -0.682. The van der Waals surface area contributed by atoms with Crippen LogP contribution in [0.5, 0.6) is 0 Å². The lowest BCUT2D eigenvalue weighted by Gasteiger charge is -2.08. The van der Waals surface area contributed by atoms with Crippen LogP contribution in [0.25, 0.3) is 0 Å². The molecule has 11 nitrogen and oxygen atoms in total. The van der Waals surface area contributed by atoms with Crippen LogP contribution in [0.15, 0.2) is 0 Å². The van der Waals surface area contributed by atoms with Gasteiger partial charge in [0.1, 0.15) is 27.8 Å². The number of esters is 2. The molecule has 162 valence electrons. The second-order valence-corrected chi connectivity index (χ2v) is 7.20. The van der Waals surface area contributed by atoms with E-state index in [-0.39, 0.29) is 52.3 Å². The fourth-order valence-corrected chi connectivity index (χ4v) is 3.95. The number of anilines is 1. The van der Waals surface area contributed by atoms with Gasteiger partial charge >= 0.3 is 17.6 Å². The first-order chi connectivity index (χ1) is 14.1. The van der Waals surface area contributed by atoms with E-state index in [4.69, 9.17) is 9.47 Å². The molecule has 2 aromatic rings. The topological polar surface area (TPSA) is 143 Å². The number of hydrogen-bond donors (Lipinski definition) is 1. The molecule has 0 spiro atoms. The van der Waals surface area contributed by atoms with Crippen LogP contribution in [0.3, 0.4) is 0 Å². The van der Waals surface area contributed by atoms with Crippen molar-refractivity contribution in [3.63, 3.8) is 0 Å². The van der Waals surface area contributed by atoms with Gasteiger partial charge in [0.15, 0.2) is 0 Å².